The number of nitriles is 1. The molecule has 1 aliphatic heterocycles. The molecule has 3 aromatic rings. The molecule has 1 aliphatic rings. The highest BCUT2D eigenvalue weighted by molar-refractivity contribution is 7.13. The van der Waals surface area contributed by atoms with E-state index in [4.69, 9.17) is 5.26 Å². The summed E-state index contributed by atoms with van der Waals surface area (Å²) in [6, 6.07) is 13.0. The van der Waals surface area contributed by atoms with Crippen LogP contribution < -0.4 is 4.90 Å². The minimum atomic E-state index is -0.0273. The Morgan fingerprint density at radius 2 is 2.03 bits per heavy atom. The zero-order valence-electron chi connectivity index (χ0n) is 16.2. The van der Waals surface area contributed by atoms with E-state index in [2.05, 4.69) is 39.3 Å². The number of carbonyl (C=O) groups is 1. The summed E-state index contributed by atoms with van der Waals surface area (Å²) in [5.74, 6) is 0.889. The van der Waals surface area contributed by atoms with Crippen LogP contribution in [0.2, 0.25) is 0 Å². The van der Waals surface area contributed by atoms with E-state index in [-0.39, 0.29) is 5.91 Å². The average molecular weight is 404 g/mol. The van der Waals surface area contributed by atoms with E-state index >= 15 is 0 Å². The second-order valence-electron chi connectivity index (χ2n) is 6.87. The van der Waals surface area contributed by atoms with Crippen molar-refractivity contribution in [3.8, 4) is 16.6 Å². The zero-order chi connectivity index (χ0) is 20.2. The van der Waals surface area contributed by atoms with Crippen molar-refractivity contribution in [3.05, 3.63) is 64.8 Å². The summed E-state index contributed by atoms with van der Waals surface area (Å²) in [7, 11) is 0. The number of aryl methyl sites for hydroxylation is 1. The fourth-order valence-electron chi connectivity index (χ4n) is 3.34. The van der Waals surface area contributed by atoms with E-state index in [9.17, 15) is 4.79 Å². The molecule has 7 heteroatoms. The van der Waals surface area contributed by atoms with Gasteiger partial charge < -0.3 is 9.80 Å². The summed E-state index contributed by atoms with van der Waals surface area (Å²) in [5.41, 5.74) is 3.21. The van der Waals surface area contributed by atoms with Gasteiger partial charge in [0.25, 0.3) is 5.91 Å². The van der Waals surface area contributed by atoms with Gasteiger partial charge in [0.1, 0.15) is 10.8 Å². The smallest absolute Gasteiger partial charge is 0.254 e. The number of aromatic nitrogens is 2. The predicted molar refractivity (Wildman–Crippen MR) is 114 cm³/mol. The van der Waals surface area contributed by atoms with Gasteiger partial charge in [-0.3, -0.25) is 4.79 Å². The summed E-state index contributed by atoms with van der Waals surface area (Å²) in [6.07, 6.45) is 2.81. The van der Waals surface area contributed by atoms with Gasteiger partial charge in [-0.05, 0) is 36.8 Å². The maximum Gasteiger partial charge on any atom is 0.254 e. The Balaban J connectivity index is 1.39. The Morgan fingerprint density at radius 3 is 2.69 bits per heavy atom. The molecule has 0 radical (unpaired) electrons. The van der Waals surface area contributed by atoms with Crippen LogP contribution in [0.3, 0.4) is 0 Å². The first-order chi connectivity index (χ1) is 14.2. The highest BCUT2D eigenvalue weighted by Gasteiger charge is 2.23. The Kier molecular flexibility index (Phi) is 5.54. The third-order valence-electron chi connectivity index (χ3n) is 5.04. The topological polar surface area (TPSA) is 73.1 Å². The summed E-state index contributed by atoms with van der Waals surface area (Å²) in [6.45, 7) is 4.82. The minimum absolute atomic E-state index is 0.0273. The van der Waals surface area contributed by atoms with Crippen LogP contribution in [0.15, 0.2) is 48.0 Å². The number of hydrogen-bond donors (Lipinski definition) is 0. The van der Waals surface area contributed by atoms with Crippen molar-refractivity contribution in [2.75, 3.05) is 31.1 Å². The Bertz CT molecular complexity index is 1050. The molecular weight excluding hydrogens is 382 g/mol. The van der Waals surface area contributed by atoms with Gasteiger partial charge in [-0.1, -0.05) is 13.0 Å². The van der Waals surface area contributed by atoms with Crippen LogP contribution in [0, 0.1) is 11.3 Å². The number of piperazine rings is 1. The molecule has 0 aliphatic carbocycles. The van der Waals surface area contributed by atoms with Gasteiger partial charge in [0.2, 0.25) is 0 Å². The highest BCUT2D eigenvalue weighted by atomic mass is 32.1. The van der Waals surface area contributed by atoms with E-state index in [0.29, 0.717) is 24.2 Å². The number of nitrogens with zero attached hydrogens (tertiary/aromatic N) is 5. The van der Waals surface area contributed by atoms with Crippen LogP contribution in [0.4, 0.5) is 5.82 Å². The molecule has 2 aromatic heterocycles. The molecule has 1 aromatic carbocycles. The van der Waals surface area contributed by atoms with Gasteiger partial charge in [0, 0.05) is 48.9 Å². The lowest BCUT2D eigenvalue weighted by atomic mass is 10.1. The zero-order valence-corrected chi connectivity index (χ0v) is 17.0. The first kappa shape index (κ1) is 19.1. The number of thiazole rings is 1. The Morgan fingerprint density at radius 1 is 1.21 bits per heavy atom. The molecule has 0 atom stereocenters. The predicted octanol–water partition coefficient (Wildman–Crippen LogP) is 3.60. The van der Waals surface area contributed by atoms with Crippen molar-refractivity contribution in [3.63, 3.8) is 0 Å². The molecule has 0 unspecified atom stereocenters. The molecule has 29 heavy (non-hydrogen) atoms. The van der Waals surface area contributed by atoms with E-state index < -0.39 is 0 Å². The molecule has 1 amide bonds. The van der Waals surface area contributed by atoms with E-state index in [1.54, 1.807) is 35.6 Å². The second kappa shape index (κ2) is 8.41. The molecule has 4 rings (SSSR count). The lowest BCUT2D eigenvalue weighted by Crippen LogP contribution is -2.49. The van der Waals surface area contributed by atoms with Crippen LogP contribution in [-0.4, -0.2) is 47.0 Å². The largest absolute Gasteiger partial charge is 0.353 e. The summed E-state index contributed by atoms with van der Waals surface area (Å²) < 4.78 is 0. The molecule has 0 bridgehead atoms. The minimum Gasteiger partial charge on any atom is -0.353 e. The number of anilines is 1. The van der Waals surface area contributed by atoms with E-state index in [0.717, 1.165) is 41.6 Å². The monoisotopic (exact) mass is 403 g/mol. The lowest BCUT2D eigenvalue weighted by molar-refractivity contribution is 0.0746. The van der Waals surface area contributed by atoms with Crippen LogP contribution in [0.5, 0.6) is 0 Å². The van der Waals surface area contributed by atoms with Gasteiger partial charge >= 0.3 is 0 Å². The lowest BCUT2D eigenvalue weighted by Gasteiger charge is -2.35. The van der Waals surface area contributed by atoms with E-state index in [1.165, 1.54) is 0 Å². The first-order valence-corrected chi connectivity index (χ1v) is 10.5. The molecule has 3 heterocycles. The van der Waals surface area contributed by atoms with Crippen molar-refractivity contribution in [2.24, 2.45) is 0 Å². The van der Waals surface area contributed by atoms with Gasteiger partial charge in [0.05, 0.1) is 17.3 Å². The molecule has 0 N–H and O–H groups in total. The number of carbonyl (C=O) groups excluding carboxylic acids is 1. The van der Waals surface area contributed by atoms with Crippen molar-refractivity contribution in [2.45, 2.75) is 13.3 Å². The Hall–Kier alpha value is -3.24. The third-order valence-corrected chi connectivity index (χ3v) is 5.98. The SMILES string of the molecule is CCc1csc(-c2ccc(N3CCN(C(=O)c4cccc(C#N)c4)CC3)nc2)n1. The highest BCUT2D eigenvalue weighted by Crippen LogP contribution is 2.25. The van der Waals surface area contributed by atoms with Gasteiger partial charge in [-0.15, -0.1) is 11.3 Å². The van der Waals surface area contributed by atoms with Crippen molar-refractivity contribution >= 4 is 23.1 Å². The molecule has 1 fully saturated rings. The van der Waals surface area contributed by atoms with Crippen molar-refractivity contribution in [1.29, 1.82) is 5.26 Å². The average Bonchev–Trinajstić information content (AvgIpc) is 3.28. The van der Waals surface area contributed by atoms with Gasteiger partial charge in [-0.2, -0.15) is 5.26 Å². The fourth-order valence-corrected chi connectivity index (χ4v) is 4.24. The fraction of sp³-hybridized carbons (Fsp3) is 0.273. The summed E-state index contributed by atoms with van der Waals surface area (Å²) in [5, 5.41) is 12.1. The number of amides is 1. The third kappa shape index (κ3) is 4.13. The van der Waals surface area contributed by atoms with Gasteiger partial charge in [0.15, 0.2) is 0 Å². The maximum absolute atomic E-state index is 12.7. The quantitative estimate of drug-likeness (QED) is 0.665. The van der Waals surface area contributed by atoms with E-state index in [1.807, 2.05) is 17.2 Å². The molecule has 0 saturated carbocycles. The van der Waals surface area contributed by atoms with Crippen LogP contribution in [-0.2, 0) is 6.42 Å². The normalized spacial score (nSPS) is 13.9. The van der Waals surface area contributed by atoms with Crippen molar-refractivity contribution in [1.82, 2.24) is 14.9 Å². The number of benzene rings is 1. The number of rotatable bonds is 4. The second-order valence-corrected chi connectivity index (χ2v) is 7.73. The van der Waals surface area contributed by atoms with Crippen LogP contribution in [0.25, 0.3) is 10.6 Å². The molecule has 0 spiro atoms. The van der Waals surface area contributed by atoms with Crippen LogP contribution in [0.1, 0.15) is 28.5 Å². The number of pyridine rings is 1. The molecular formula is C22H21N5OS. The summed E-state index contributed by atoms with van der Waals surface area (Å²) in [4.78, 5) is 26.0. The molecule has 6 nitrogen and oxygen atoms in total. The Labute approximate surface area is 174 Å². The van der Waals surface area contributed by atoms with Gasteiger partial charge in [-0.25, -0.2) is 9.97 Å². The van der Waals surface area contributed by atoms with Crippen molar-refractivity contribution < 1.29 is 4.79 Å². The standard InChI is InChI=1S/C22H21N5OS/c1-2-19-15-29-21(25-19)18-6-7-20(24-14-18)26-8-10-27(11-9-26)22(28)17-5-3-4-16(12-17)13-23/h3-7,12,14-15H,2,8-11H2,1H3. The molecule has 146 valence electrons. The molecule has 1 saturated heterocycles. The number of hydrogen-bond acceptors (Lipinski definition) is 6. The summed E-state index contributed by atoms with van der Waals surface area (Å²) >= 11 is 1.64. The van der Waals surface area contributed by atoms with Crippen LogP contribution >= 0.6 is 11.3 Å². The first-order valence-electron chi connectivity index (χ1n) is 9.63. The maximum atomic E-state index is 12.7.